The van der Waals surface area contributed by atoms with Crippen molar-refractivity contribution in [3.8, 4) is 0 Å². The quantitative estimate of drug-likeness (QED) is 0.302. The molecule has 18 heavy (non-hydrogen) atoms. The second kappa shape index (κ2) is 4.97. The van der Waals surface area contributed by atoms with Crippen molar-refractivity contribution in [3.05, 3.63) is 37.6 Å². The number of carbonyl (C=O) groups is 1. The number of nitrogens with zero attached hydrogens (tertiary/aromatic N) is 2. The van der Waals surface area contributed by atoms with Crippen LogP contribution in [0.25, 0.3) is 0 Å². The average Bonchev–Trinajstić information content (AvgIpc) is 2.91. The molecule has 2 aliphatic rings. The molecule has 3 nitrogen and oxygen atoms in total. The third kappa shape index (κ3) is 2.33. The van der Waals surface area contributed by atoms with Crippen molar-refractivity contribution >= 4 is 19.3 Å². The number of fused-ring (bicyclic) bond motifs is 1. The average molecular weight is 242 g/mol. The lowest BCUT2D eigenvalue weighted by atomic mass is 9.62. The maximum Gasteiger partial charge on any atom is 0.209 e. The van der Waals surface area contributed by atoms with Gasteiger partial charge in [-0.2, -0.15) is 0 Å². The Balaban J connectivity index is 2.06. The van der Waals surface area contributed by atoms with Gasteiger partial charge in [-0.05, 0) is 18.3 Å². The van der Waals surface area contributed by atoms with Crippen molar-refractivity contribution in [2.24, 2.45) is 10.4 Å². The summed E-state index contributed by atoms with van der Waals surface area (Å²) in [6.45, 7) is 9.54. The highest BCUT2D eigenvalue weighted by atomic mass is 16.1. The molecule has 0 aromatic heterocycles. The van der Waals surface area contributed by atoms with E-state index in [4.69, 9.17) is 0 Å². The molecular formula is C14H19BN2O. The first-order chi connectivity index (χ1) is 8.64. The van der Waals surface area contributed by atoms with E-state index in [1.165, 1.54) is 0 Å². The minimum absolute atomic E-state index is 0.277. The van der Waals surface area contributed by atoms with E-state index in [0.29, 0.717) is 11.5 Å². The number of hydrogen-bond acceptors (Lipinski definition) is 2. The molecule has 1 aliphatic carbocycles. The fourth-order valence-corrected chi connectivity index (χ4v) is 3.00. The van der Waals surface area contributed by atoms with Gasteiger partial charge in [0.05, 0.1) is 0 Å². The van der Waals surface area contributed by atoms with Crippen LogP contribution in [0, 0.1) is 5.41 Å². The first-order valence-electron chi connectivity index (χ1n) is 6.34. The molecule has 0 N–H and O–H groups in total. The van der Waals surface area contributed by atoms with Crippen molar-refractivity contribution < 1.29 is 4.79 Å². The summed E-state index contributed by atoms with van der Waals surface area (Å²) in [6, 6.07) is 0.452. The molecule has 0 bridgehead atoms. The third-order valence-electron chi connectivity index (χ3n) is 4.04. The fourth-order valence-electron chi connectivity index (χ4n) is 3.00. The molecule has 94 valence electrons. The molecule has 3 atom stereocenters. The lowest BCUT2D eigenvalue weighted by molar-refractivity contribution is -0.118. The smallest absolute Gasteiger partial charge is 0.209 e. The van der Waals surface area contributed by atoms with Crippen LogP contribution in [-0.2, 0) is 4.79 Å². The van der Waals surface area contributed by atoms with Crippen LogP contribution in [0.15, 0.2) is 42.6 Å². The second-order valence-electron chi connectivity index (χ2n) is 5.39. The molecule has 0 unspecified atom stereocenters. The number of amides is 1. The van der Waals surface area contributed by atoms with Crippen LogP contribution in [0.4, 0.5) is 0 Å². The van der Waals surface area contributed by atoms with E-state index in [2.05, 4.69) is 25.1 Å². The van der Waals surface area contributed by atoms with E-state index in [0.717, 1.165) is 32.1 Å². The molecule has 0 aromatic carbocycles. The van der Waals surface area contributed by atoms with Gasteiger partial charge in [0.25, 0.3) is 0 Å². The van der Waals surface area contributed by atoms with Crippen molar-refractivity contribution in [2.75, 3.05) is 0 Å². The molecule has 1 aliphatic heterocycles. The molecule has 4 heteroatoms. The minimum atomic E-state index is 0.277. The van der Waals surface area contributed by atoms with Crippen molar-refractivity contribution in [2.45, 2.75) is 31.7 Å². The van der Waals surface area contributed by atoms with Gasteiger partial charge in [-0.25, -0.2) is 0 Å². The molecule has 1 heterocycles. The van der Waals surface area contributed by atoms with Gasteiger partial charge in [-0.15, -0.1) is 0 Å². The van der Waals surface area contributed by atoms with Crippen LogP contribution in [0.1, 0.15) is 19.8 Å². The van der Waals surface area contributed by atoms with Crippen molar-refractivity contribution in [1.82, 2.24) is 4.90 Å². The molecule has 2 fully saturated rings. The van der Waals surface area contributed by atoms with Gasteiger partial charge in [-0.3, -0.25) is 9.79 Å². The maximum atomic E-state index is 11.2. The van der Waals surface area contributed by atoms with Crippen molar-refractivity contribution in [3.63, 3.8) is 0 Å². The molecule has 0 radical (unpaired) electrons. The zero-order valence-corrected chi connectivity index (χ0v) is 10.9. The summed E-state index contributed by atoms with van der Waals surface area (Å²) in [5.41, 5.74) is 1.30. The number of allylic oxidation sites excluding steroid dienone is 3. The number of aliphatic imine (C=N–C) groups is 1. The summed E-state index contributed by atoms with van der Waals surface area (Å²) in [5, 5.41) is 0. The van der Waals surface area contributed by atoms with Gasteiger partial charge in [-0.1, -0.05) is 38.3 Å². The highest BCUT2D eigenvalue weighted by molar-refractivity contribution is 6.79. The predicted octanol–water partition coefficient (Wildman–Crippen LogP) is 1.67. The van der Waals surface area contributed by atoms with E-state index in [9.17, 15) is 4.79 Å². The lowest BCUT2D eigenvalue weighted by Crippen LogP contribution is -2.39. The number of piperidine rings is 1. The Bertz CT molecular complexity index is 430. The largest absolute Gasteiger partial charge is 0.346 e. The maximum absolute atomic E-state index is 11.2. The molecule has 1 saturated carbocycles. The standard InChI is InChI=1S/C14H19BN2O/c1-4-6-7-12(16-5-2)15-13-9-14(3)8-11(14)17(13)10-18/h4-7,10-11,13,15H,1-2,8-9H2,3H3/b7-6-,16-12+/t11-,13+,14-/m1/s1. The first kappa shape index (κ1) is 12.9. The lowest BCUT2D eigenvalue weighted by Gasteiger charge is -2.22. The van der Waals surface area contributed by atoms with E-state index in [1.807, 2.05) is 17.1 Å². The van der Waals surface area contributed by atoms with Gasteiger partial charge < -0.3 is 4.90 Å². The summed E-state index contributed by atoms with van der Waals surface area (Å²) < 4.78 is 0. The van der Waals surface area contributed by atoms with Gasteiger partial charge in [0, 0.05) is 23.8 Å². The number of carbonyl (C=O) groups excluding carboxylic acids is 1. The zero-order chi connectivity index (χ0) is 13.2. The third-order valence-corrected chi connectivity index (χ3v) is 4.04. The number of hydrogen-bond donors (Lipinski definition) is 0. The zero-order valence-electron chi connectivity index (χ0n) is 10.9. The second-order valence-corrected chi connectivity index (χ2v) is 5.39. The molecule has 1 amide bonds. The molecule has 0 spiro atoms. The van der Waals surface area contributed by atoms with Crippen LogP contribution in [0.3, 0.4) is 0 Å². The van der Waals surface area contributed by atoms with Crippen LogP contribution in [-0.4, -0.2) is 36.2 Å². The fraction of sp³-hybridized carbons (Fsp3) is 0.429. The summed E-state index contributed by atoms with van der Waals surface area (Å²) in [5.74, 6) is 0.277. The Kier molecular flexibility index (Phi) is 3.55. The Hall–Kier alpha value is -1.58. The van der Waals surface area contributed by atoms with Gasteiger partial charge in [0.15, 0.2) is 0 Å². The Morgan fingerprint density at radius 1 is 1.50 bits per heavy atom. The predicted molar refractivity (Wildman–Crippen MR) is 76.9 cm³/mol. The van der Waals surface area contributed by atoms with Crippen LogP contribution in [0.2, 0.25) is 0 Å². The number of likely N-dealkylation sites (tertiary alicyclic amines) is 1. The molecule has 2 rings (SSSR count). The molecular weight excluding hydrogens is 223 g/mol. The minimum Gasteiger partial charge on any atom is -0.346 e. The van der Waals surface area contributed by atoms with Crippen LogP contribution in [0.5, 0.6) is 0 Å². The van der Waals surface area contributed by atoms with Crippen molar-refractivity contribution in [1.29, 1.82) is 0 Å². The van der Waals surface area contributed by atoms with E-state index < -0.39 is 0 Å². The van der Waals surface area contributed by atoms with Crippen LogP contribution >= 0.6 is 0 Å². The van der Waals surface area contributed by atoms with E-state index >= 15 is 0 Å². The Morgan fingerprint density at radius 2 is 2.28 bits per heavy atom. The molecule has 1 saturated heterocycles. The van der Waals surface area contributed by atoms with Crippen LogP contribution < -0.4 is 0 Å². The number of rotatable bonds is 6. The highest BCUT2D eigenvalue weighted by Crippen LogP contribution is 2.58. The summed E-state index contributed by atoms with van der Waals surface area (Å²) in [7, 11) is 0.793. The Morgan fingerprint density at radius 3 is 2.89 bits per heavy atom. The normalized spacial score (nSPS) is 34.3. The summed E-state index contributed by atoms with van der Waals surface area (Å²) in [6.07, 6.45) is 10.3. The topological polar surface area (TPSA) is 32.7 Å². The van der Waals surface area contributed by atoms with Gasteiger partial charge in [0.2, 0.25) is 13.7 Å². The van der Waals surface area contributed by atoms with E-state index in [1.54, 1.807) is 12.3 Å². The monoisotopic (exact) mass is 242 g/mol. The van der Waals surface area contributed by atoms with Gasteiger partial charge in [0.1, 0.15) is 0 Å². The van der Waals surface area contributed by atoms with E-state index in [-0.39, 0.29) is 5.94 Å². The molecule has 0 aromatic rings. The highest BCUT2D eigenvalue weighted by Gasteiger charge is 2.61. The first-order valence-corrected chi connectivity index (χ1v) is 6.34. The summed E-state index contributed by atoms with van der Waals surface area (Å²) >= 11 is 0. The Labute approximate surface area is 109 Å². The van der Waals surface area contributed by atoms with Gasteiger partial charge >= 0.3 is 0 Å². The SMILES string of the molecule is C=C/C=C\C(B[C@@H]1C[C@@]2(C)C[C@H]2N1C=O)=N/C=C. The summed E-state index contributed by atoms with van der Waals surface area (Å²) in [4.78, 5) is 17.4.